The van der Waals surface area contributed by atoms with Crippen LogP contribution in [0.5, 0.6) is 0 Å². The number of hydrogen-bond acceptors (Lipinski definition) is 4. The summed E-state index contributed by atoms with van der Waals surface area (Å²) in [5.41, 5.74) is 0. The van der Waals surface area contributed by atoms with E-state index in [9.17, 15) is 0 Å². The van der Waals surface area contributed by atoms with Gasteiger partial charge in [0.1, 0.15) is 11.6 Å². The Labute approximate surface area is 112 Å². The van der Waals surface area contributed by atoms with Crippen LogP contribution in [0.4, 0.5) is 11.6 Å². The van der Waals surface area contributed by atoms with Gasteiger partial charge in [-0.2, -0.15) is 0 Å². The Morgan fingerprint density at radius 1 is 1.41 bits per heavy atom. The van der Waals surface area contributed by atoms with Crippen molar-refractivity contribution in [2.24, 2.45) is 0 Å². The van der Waals surface area contributed by atoms with E-state index in [1.165, 1.54) is 0 Å². The number of halogens is 2. The first-order valence-electron chi connectivity index (χ1n) is 5.52. The van der Waals surface area contributed by atoms with Crippen molar-refractivity contribution in [1.29, 1.82) is 0 Å². The molecule has 0 saturated heterocycles. The zero-order valence-corrected chi connectivity index (χ0v) is 11.5. The fraction of sp³-hybridized carbons (Fsp3) is 0.545. The Kier molecular flexibility index (Phi) is 5.82. The Hall–Kier alpha value is -0.710. The first-order valence-corrected chi connectivity index (χ1v) is 6.27. The van der Waals surface area contributed by atoms with Crippen LogP contribution >= 0.6 is 23.2 Å². The van der Waals surface area contributed by atoms with Crippen LogP contribution in [0.1, 0.15) is 13.3 Å². The summed E-state index contributed by atoms with van der Waals surface area (Å²) >= 11 is 12.1. The second-order valence-corrected chi connectivity index (χ2v) is 4.51. The monoisotopic (exact) mass is 277 g/mol. The summed E-state index contributed by atoms with van der Waals surface area (Å²) in [5, 5.41) is 13.0. The summed E-state index contributed by atoms with van der Waals surface area (Å²) in [6, 6.07) is 1.66. The summed E-state index contributed by atoms with van der Waals surface area (Å²) in [4.78, 5) is 6.16. The predicted molar refractivity (Wildman–Crippen MR) is 73.4 cm³/mol. The van der Waals surface area contributed by atoms with Crippen molar-refractivity contribution in [1.82, 2.24) is 4.98 Å². The van der Waals surface area contributed by atoms with Gasteiger partial charge in [-0.05, 0) is 12.5 Å². The van der Waals surface area contributed by atoms with Gasteiger partial charge in [-0.15, -0.1) is 0 Å². The third-order valence-corrected chi connectivity index (χ3v) is 2.82. The van der Waals surface area contributed by atoms with Gasteiger partial charge in [0.25, 0.3) is 0 Å². The molecule has 6 heteroatoms. The molecule has 2 N–H and O–H groups in total. The zero-order valence-electron chi connectivity index (χ0n) is 10.0. The highest BCUT2D eigenvalue weighted by atomic mass is 35.5. The number of aliphatic hydroxyl groups excluding tert-OH is 1. The maximum Gasteiger partial charge on any atom is 0.149 e. The molecule has 1 aromatic rings. The van der Waals surface area contributed by atoms with Gasteiger partial charge < -0.3 is 15.3 Å². The molecule has 0 aliphatic rings. The van der Waals surface area contributed by atoms with Crippen LogP contribution in [0, 0.1) is 0 Å². The highest BCUT2D eigenvalue weighted by Gasteiger charge is 2.12. The number of likely N-dealkylation sites (N-methyl/N-ethyl adjacent to an activating group) is 1. The van der Waals surface area contributed by atoms with E-state index in [-0.39, 0.29) is 6.61 Å². The van der Waals surface area contributed by atoms with E-state index in [1.54, 1.807) is 11.0 Å². The molecule has 0 aromatic carbocycles. The molecular formula is C11H17Cl2N3O. The first kappa shape index (κ1) is 14.4. The van der Waals surface area contributed by atoms with Crippen LogP contribution in [-0.4, -0.2) is 36.8 Å². The quantitative estimate of drug-likeness (QED) is 0.839. The van der Waals surface area contributed by atoms with Crippen molar-refractivity contribution in [3.05, 3.63) is 16.1 Å². The fourth-order valence-corrected chi connectivity index (χ4v) is 1.92. The highest BCUT2D eigenvalue weighted by Crippen LogP contribution is 2.30. The van der Waals surface area contributed by atoms with Gasteiger partial charge in [-0.3, -0.25) is 0 Å². The molecule has 1 heterocycles. The van der Waals surface area contributed by atoms with E-state index in [2.05, 4.69) is 17.2 Å². The number of hydrogen-bond donors (Lipinski definition) is 2. The predicted octanol–water partition coefficient (Wildman–Crippen LogP) is 2.64. The fourth-order valence-electron chi connectivity index (χ4n) is 1.35. The lowest BCUT2D eigenvalue weighted by Crippen LogP contribution is -2.23. The maximum absolute atomic E-state index is 8.90. The summed E-state index contributed by atoms with van der Waals surface area (Å²) in [6.45, 7) is 3.39. The second kappa shape index (κ2) is 6.89. The molecule has 1 aromatic heterocycles. The average Bonchev–Trinajstić information content (AvgIpc) is 2.28. The first-order chi connectivity index (χ1) is 8.10. The highest BCUT2D eigenvalue weighted by molar-refractivity contribution is 6.37. The third kappa shape index (κ3) is 3.91. The Morgan fingerprint density at radius 2 is 2.12 bits per heavy atom. The largest absolute Gasteiger partial charge is 0.395 e. The van der Waals surface area contributed by atoms with E-state index in [0.717, 1.165) is 13.0 Å². The molecule has 1 rings (SSSR count). The van der Waals surface area contributed by atoms with E-state index in [1.807, 2.05) is 7.05 Å². The number of nitrogens with zero attached hydrogens (tertiary/aromatic N) is 2. The number of aromatic nitrogens is 1. The van der Waals surface area contributed by atoms with Crippen LogP contribution in [0.25, 0.3) is 0 Å². The second-order valence-electron chi connectivity index (χ2n) is 3.70. The molecule has 0 fully saturated rings. The standard InChI is InChI=1S/C11H17Cl2N3O/c1-3-4-14-10-8(12)7-9(13)11(15-10)16(2)5-6-17/h7,17H,3-6H2,1-2H3,(H,14,15). The smallest absolute Gasteiger partial charge is 0.149 e. The third-order valence-electron chi connectivity index (χ3n) is 2.25. The lowest BCUT2D eigenvalue weighted by atomic mass is 10.4. The van der Waals surface area contributed by atoms with Crippen molar-refractivity contribution in [3.8, 4) is 0 Å². The number of pyridine rings is 1. The molecule has 0 bridgehead atoms. The topological polar surface area (TPSA) is 48.4 Å². The molecule has 0 spiro atoms. The van der Waals surface area contributed by atoms with Gasteiger partial charge >= 0.3 is 0 Å². The lowest BCUT2D eigenvalue weighted by Gasteiger charge is -2.19. The van der Waals surface area contributed by atoms with E-state index in [0.29, 0.717) is 28.2 Å². The van der Waals surface area contributed by atoms with Crippen molar-refractivity contribution in [3.63, 3.8) is 0 Å². The molecule has 0 aliphatic carbocycles. The van der Waals surface area contributed by atoms with Gasteiger partial charge in [0, 0.05) is 20.1 Å². The van der Waals surface area contributed by atoms with E-state index >= 15 is 0 Å². The molecular weight excluding hydrogens is 261 g/mol. The molecule has 0 saturated carbocycles. The van der Waals surface area contributed by atoms with Crippen LogP contribution in [0.2, 0.25) is 10.0 Å². The Morgan fingerprint density at radius 3 is 2.71 bits per heavy atom. The summed E-state index contributed by atoms with van der Waals surface area (Å²) in [6.07, 6.45) is 0.989. The average molecular weight is 278 g/mol. The zero-order chi connectivity index (χ0) is 12.8. The van der Waals surface area contributed by atoms with Crippen molar-refractivity contribution in [2.75, 3.05) is 37.0 Å². The van der Waals surface area contributed by atoms with Crippen LogP contribution < -0.4 is 10.2 Å². The number of aliphatic hydroxyl groups is 1. The van der Waals surface area contributed by atoms with Crippen LogP contribution in [0.3, 0.4) is 0 Å². The Bertz CT molecular complexity index is 374. The van der Waals surface area contributed by atoms with Gasteiger partial charge in [-0.1, -0.05) is 30.1 Å². The van der Waals surface area contributed by atoms with Gasteiger partial charge in [0.15, 0.2) is 0 Å². The summed E-state index contributed by atoms with van der Waals surface area (Å²) in [5.74, 6) is 1.24. The molecule has 0 amide bonds. The van der Waals surface area contributed by atoms with E-state index < -0.39 is 0 Å². The minimum atomic E-state index is 0.0505. The number of anilines is 2. The molecule has 17 heavy (non-hydrogen) atoms. The minimum Gasteiger partial charge on any atom is -0.395 e. The molecule has 0 radical (unpaired) electrons. The van der Waals surface area contributed by atoms with E-state index in [4.69, 9.17) is 28.3 Å². The maximum atomic E-state index is 8.90. The lowest BCUT2D eigenvalue weighted by molar-refractivity contribution is 0.304. The molecule has 0 aliphatic heterocycles. The van der Waals surface area contributed by atoms with Crippen molar-refractivity contribution in [2.45, 2.75) is 13.3 Å². The van der Waals surface area contributed by atoms with Gasteiger partial charge in [0.05, 0.1) is 16.7 Å². The number of rotatable bonds is 6. The molecule has 0 atom stereocenters. The molecule has 96 valence electrons. The van der Waals surface area contributed by atoms with Crippen LogP contribution in [0.15, 0.2) is 6.07 Å². The van der Waals surface area contributed by atoms with Crippen LogP contribution in [-0.2, 0) is 0 Å². The normalized spacial score (nSPS) is 10.4. The van der Waals surface area contributed by atoms with Gasteiger partial charge in [0.2, 0.25) is 0 Å². The Balaban J connectivity index is 2.96. The minimum absolute atomic E-state index is 0.0505. The van der Waals surface area contributed by atoms with Gasteiger partial charge in [-0.25, -0.2) is 4.98 Å². The summed E-state index contributed by atoms with van der Waals surface area (Å²) in [7, 11) is 1.82. The molecule has 4 nitrogen and oxygen atoms in total. The van der Waals surface area contributed by atoms with Crippen molar-refractivity contribution < 1.29 is 5.11 Å². The SMILES string of the molecule is CCCNc1nc(N(C)CCO)c(Cl)cc1Cl. The number of nitrogens with one attached hydrogen (secondary N) is 1. The van der Waals surface area contributed by atoms with Crippen molar-refractivity contribution >= 4 is 34.8 Å². The molecule has 0 unspecified atom stereocenters. The summed E-state index contributed by atoms with van der Waals surface area (Å²) < 4.78 is 0.